The molecule has 0 aromatic heterocycles. The van der Waals surface area contributed by atoms with Crippen LogP contribution in [-0.4, -0.2) is 14.5 Å². The monoisotopic (exact) mass is 360 g/mol. The van der Waals surface area contributed by atoms with Gasteiger partial charge in [0.05, 0.1) is 5.69 Å². The maximum absolute atomic E-state index is 12.4. The van der Waals surface area contributed by atoms with Gasteiger partial charge < -0.3 is 5.73 Å². The molecular formula is C14H21BrN2O2S. The van der Waals surface area contributed by atoms with E-state index in [1.807, 2.05) is 0 Å². The van der Waals surface area contributed by atoms with Crippen LogP contribution in [-0.2, 0) is 10.0 Å². The van der Waals surface area contributed by atoms with Gasteiger partial charge in [-0.3, -0.25) is 0 Å². The molecule has 3 N–H and O–H groups in total. The van der Waals surface area contributed by atoms with Crippen LogP contribution in [0.5, 0.6) is 0 Å². The molecule has 0 aliphatic heterocycles. The fourth-order valence-electron chi connectivity index (χ4n) is 2.74. The summed E-state index contributed by atoms with van der Waals surface area (Å²) < 4.78 is 28.3. The van der Waals surface area contributed by atoms with Gasteiger partial charge in [0.2, 0.25) is 10.0 Å². The highest BCUT2D eigenvalue weighted by Crippen LogP contribution is 2.28. The SMILES string of the molecule is CCC1CCC(NS(=O)(=O)c2ccc(Br)cc2N)CC1. The molecule has 2 rings (SSSR count). The zero-order valence-electron chi connectivity index (χ0n) is 11.6. The first-order valence-corrected chi connectivity index (χ1v) is 9.27. The molecule has 1 aliphatic carbocycles. The van der Waals surface area contributed by atoms with E-state index in [0.717, 1.165) is 36.1 Å². The lowest BCUT2D eigenvalue weighted by atomic mass is 9.85. The van der Waals surface area contributed by atoms with E-state index in [1.54, 1.807) is 18.2 Å². The highest BCUT2D eigenvalue weighted by molar-refractivity contribution is 9.10. The van der Waals surface area contributed by atoms with Crippen LogP contribution in [0.1, 0.15) is 39.0 Å². The van der Waals surface area contributed by atoms with Gasteiger partial charge >= 0.3 is 0 Å². The van der Waals surface area contributed by atoms with Crippen molar-refractivity contribution in [2.24, 2.45) is 5.92 Å². The zero-order chi connectivity index (χ0) is 14.8. The molecule has 1 saturated carbocycles. The molecule has 1 aromatic rings. The Morgan fingerprint density at radius 3 is 2.50 bits per heavy atom. The van der Waals surface area contributed by atoms with E-state index in [1.165, 1.54) is 6.42 Å². The molecule has 0 spiro atoms. The van der Waals surface area contributed by atoms with Crippen molar-refractivity contribution >= 4 is 31.6 Å². The lowest BCUT2D eigenvalue weighted by Gasteiger charge is -2.28. The summed E-state index contributed by atoms with van der Waals surface area (Å²) in [5.74, 6) is 0.744. The van der Waals surface area contributed by atoms with E-state index in [-0.39, 0.29) is 16.6 Å². The second-order valence-electron chi connectivity index (χ2n) is 5.43. The highest BCUT2D eigenvalue weighted by atomic mass is 79.9. The number of rotatable bonds is 4. The first-order chi connectivity index (χ1) is 9.42. The molecule has 4 nitrogen and oxygen atoms in total. The number of hydrogen-bond acceptors (Lipinski definition) is 3. The minimum atomic E-state index is -3.53. The molecular weight excluding hydrogens is 340 g/mol. The van der Waals surface area contributed by atoms with Gasteiger partial charge in [0, 0.05) is 10.5 Å². The van der Waals surface area contributed by atoms with E-state index in [0.29, 0.717) is 0 Å². The molecule has 0 saturated heterocycles. The summed E-state index contributed by atoms with van der Waals surface area (Å²) in [5.41, 5.74) is 6.08. The van der Waals surface area contributed by atoms with Crippen LogP contribution in [0.25, 0.3) is 0 Å². The van der Waals surface area contributed by atoms with Crippen LogP contribution in [0.2, 0.25) is 0 Å². The molecule has 0 heterocycles. The van der Waals surface area contributed by atoms with Gasteiger partial charge in [-0.05, 0) is 49.8 Å². The fraction of sp³-hybridized carbons (Fsp3) is 0.571. The predicted octanol–water partition coefficient (Wildman–Crippen LogP) is 3.28. The Hall–Kier alpha value is -0.590. The molecule has 1 aliphatic rings. The standard InChI is InChI=1S/C14H21BrN2O2S/c1-2-10-3-6-12(7-4-10)17-20(18,19)14-8-5-11(15)9-13(14)16/h5,8-10,12,17H,2-4,6-7,16H2,1H3. The molecule has 0 atom stereocenters. The van der Waals surface area contributed by atoms with E-state index in [4.69, 9.17) is 5.73 Å². The van der Waals surface area contributed by atoms with Gasteiger partial charge in [0.1, 0.15) is 4.90 Å². The molecule has 0 unspecified atom stereocenters. The van der Waals surface area contributed by atoms with Crippen molar-refractivity contribution in [2.45, 2.75) is 50.0 Å². The maximum atomic E-state index is 12.4. The van der Waals surface area contributed by atoms with Crippen molar-refractivity contribution in [3.63, 3.8) is 0 Å². The highest BCUT2D eigenvalue weighted by Gasteiger charge is 2.26. The third kappa shape index (κ3) is 3.74. The average Bonchev–Trinajstić information content (AvgIpc) is 2.38. The van der Waals surface area contributed by atoms with E-state index < -0.39 is 10.0 Å². The molecule has 1 fully saturated rings. The summed E-state index contributed by atoms with van der Waals surface area (Å²) in [5, 5.41) is 0. The Morgan fingerprint density at radius 2 is 1.95 bits per heavy atom. The second-order valence-corrected chi connectivity index (χ2v) is 8.03. The Morgan fingerprint density at radius 1 is 1.30 bits per heavy atom. The van der Waals surface area contributed by atoms with Gasteiger partial charge in [-0.2, -0.15) is 0 Å². The van der Waals surface area contributed by atoms with Crippen LogP contribution in [0, 0.1) is 5.92 Å². The zero-order valence-corrected chi connectivity index (χ0v) is 14.0. The molecule has 20 heavy (non-hydrogen) atoms. The third-order valence-electron chi connectivity index (χ3n) is 4.01. The number of nitrogens with two attached hydrogens (primary N) is 1. The minimum Gasteiger partial charge on any atom is -0.398 e. The van der Waals surface area contributed by atoms with Gasteiger partial charge in [-0.1, -0.05) is 29.3 Å². The minimum absolute atomic E-state index is 0.0332. The molecule has 112 valence electrons. The van der Waals surface area contributed by atoms with Gasteiger partial charge in [-0.15, -0.1) is 0 Å². The van der Waals surface area contributed by atoms with Crippen molar-refractivity contribution in [3.8, 4) is 0 Å². The number of halogens is 1. The molecule has 0 bridgehead atoms. The largest absolute Gasteiger partial charge is 0.398 e. The summed E-state index contributed by atoms with van der Waals surface area (Å²) >= 11 is 3.28. The van der Waals surface area contributed by atoms with Crippen molar-refractivity contribution in [3.05, 3.63) is 22.7 Å². The Bertz CT molecular complexity index is 567. The number of sulfonamides is 1. The summed E-state index contributed by atoms with van der Waals surface area (Å²) in [6.45, 7) is 2.19. The first-order valence-electron chi connectivity index (χ1n) is 6.99. The van der Waals surface area contributed by atoms with Crippen molar-refractivity contribution < 1.29 is 8.42 Å². The lowest BCUT2D eigenvalue weighted by molar-refractivity contribution is 0.306. The topological polar surface area (TPSA) is 72.2 Å². The molecule has 6 heteroatoms. The van der Waals surface area contributed by atoms with Crippen LogP contribution in [0.15, 0.2) is 27.6 Å². The molecule has 0 radical (unpaired) electrons. The second kappa shape index (κ2) is 6.45. The summed E-state index contributed by atoms with van der Waals surface area (Å²) in [4.78, 5) is 0.165. The molecule has 1 aromatic carbocycles. The summed E-state index contributed by atoms with van der Waals surface area (Å²) in [7, 11) is -3.53. The summed E-state index contributed by atoms with van der Waals surface area (Å²) in [6, 6.07) is 4.88. The number of nitrogens with one attached hydrogen (secondary N) is 1. The van der Waals surface area contributed by atoms with Crippen LogP contribution in [0.3, 0.4) is 0 Å². The van der Waals surface area contributed by atoms with Crippen molar-refractivity contribution in [1.29, 1.82) is 0 Å². The Labute approximate surface area is 129 Å². The first kappa shape index (κ1) is 15.8. The smallest absolute Gasteiger partial charge is 0.242 e. The number of nitrogen functional groups attached to an aromatic ring is 1. The Balaban J connectivity index is 2.08. The number of anilines is 1. The predicted molar refractivity (Wildman–Crippen MR) is 84.9 cm³/mol. The van der Waals surface area contributed by atoms with Crippen molar-refractivity contribution in [1.82, 2.24) is 4.72 Å². The van der Waals surface area contributed by atoms with Crippen LogP contribution >= 0.6 is 15.9 Å². The van der Waals surface area contributed by atoms with Gasteiger partial charge in [-0.25, -0.2) is 13.1 Å². The van der Waals surface area contributed by atoms with Gasteiger partial charge in [0.25, 0.3) is 0 Å². The van der Waals surface area contributed by atoms with Gasteiger partial charge in [0.15, 0.2) is 0 Å². The number of benzene rings is 1. The van der Waals surface area contributed by atoms with Crippen LogP contribution in [0.4, 0.5) is 5.69 Å². The maximum Gasteiger partial charge on any atom is 0.242 e. The number of hydrogen-bond donors (Lipinski definition) is 2. The van der Waals surface area contributed by atoms with E-state index in [9.17, 15) is 8.42 Å². The normalized spacial score (nSPS) is 23.7. The van der Waals surface area contributed by atoms with Crippen LogP contribution < -0.4 is 10.5 Å². The van der Waals surface area contributed by atoms with E-state index >= 15 is 0 Å². The fourth-order valence-corrected chi connectivity index (χ4v) is 4.53. The Kier molecular flexibility index (Phi) is 5.09. The van der Waals surface area contributed by atoms with E-state index in [2.05, 4.69) is 27.6 Å². The van der Waals surface area contributed by atoms with Crippen molar-refractivity contribution in [2.75, 3.05) is 5.73 Å². The average molecular weight is 361 g/mol. The quantitative estimate of drug-likeness (QED) is 0.809. The lowest BCUT2D eigenvalue weighted by Crippen LogP contribution is -2.37. The summed E-state index contributed by atoms with van der Waals surface area (Å²) in [6.07, 6.45) is 5.19. The third-order valence-corrected chi connectivity index (χ3v) is 6.09. The molecule has 0 amide bonds.